The third-order valence-corrected chi connectivity index (χ3v) is 7.40. The van der Waals surface area contributed by atoms with Crippen molar-refractivity contribution in [1.82, 2.24) is 0 Å². The number of anilines is 1. The van der Waals surface area contributed by atoms with E-state index >= 15 is 0 Å². The lowest BCUT2D eigenvalue weighted by Gasteiger charge is -2.44. The zero-order valence-electron chi connectivity index (χ0n) is 21.8. The van der Waals surface area contributed by atoms with Crippen molar-refractivity contribution in [2.24, 2.45) is 11.7 Å². The van der Waals surface area contributed by atoms with Crippen LogP contribution in [0.4, 0.5) is 14.5 Å². The summed E-state index contributed by atoms with van der Waals surface area (Å²) in [6, 6.07) is 19.9. The van der Waals surface area contributed by atoms with E-state index in [0.29, 0.717) is 11.3 Å². The Bertz CT molecular complexity index is 1550. The van der Waals surface area contributed by atoms with Crippen LogP contribution < -0.4 is 10.6 Å². The van der Waals surface area contributed by atoms with Crippen molar-refractivity contribution >= 4 is 23.4 Å². The summed E-state index contributed by atoms with van der Waals surface area (Å²) < 4.78 is 38.5. The fourth-order valence-electron chi connectivity index (χ4n) is 5.65. The van der Waals surface area contributed by atoms with Gasteiger partial charge in [-0.2, -0.15) is 0 Å². The van der Waals surface area contributed by atoms with Crippen LogP contribution in [0.3, 0.4) is 0 Å². The molecule has 0 amide bonds. The Balaban J connectivity index is 1.83. The van der Waals surface area contributed by atoms with Crippen molar-refractivity contribution in [2.45, 2.75) is 18.3 Å². The fraction of sp³-hybridized carbons (Fsp3) is 0.194. The van der Waals surface area contributed by atoms with Crippen LogP contribution in [-0.2, 0) is 23.9 Å². The molecule has 1 aliphatic heterocycles. The summed E-state index contributed by atoms with van der Waals surface area (Å²) >= 11 is 0. The number of methoxy groups -OCH3 is 2. The molecule has 2 aliphatic rings. The molecule has 5 rings (SSSR count). The van der Waals surface area contributed by atoms with Gasteiger partial charge in [0.05, 0.1) is 31.4 Å². The molecule has 3 atom stereocenters. The number of halogens is 2. The Kier molecular flexibility index (Phi) is 7.21. The Labute approximate surface area is 229 Å². The molecule has 1 aliphatic carbocycles. The maximum Gasteiger partial charge on any atom is 0.338 e. The number of esters is 2. The fourth-order valence-corrected chi connectivity index (χ4v) is 5.65. The first-order chi connectivity index (χ1) is 19.3. The van der Waals surface area contributed by atoms with E-state index in [1.807, 2.05) is 18.2 Å². The molecule has 40 heavy (non-hydrogen) atoms. The van der Waals surface area contributed by atoms with Crippen LogP contribution in [0.1, 0.15) is 29.4 Å². The molecular weight excluding hydrogens is 518 g/mol. The highest BCUT2D eigenvalue weighted by atomic mass is 19.1. The van der Waals surface area contributed by atoms with Crippen LogP contribution in [0.15, 0.2) is 102 Å². The molecule has 0 unspecified atom stereocenters. The van der Waals surface area contributed by atoms with Crippen molar-refractivity contribution in [2.75, 3.05) is 19.1 Å². The number of rotatable bonds is 5. The van der Waals surface area contributed by atoms with Gasteiger partial charge in [-0.1, -0.05) is 48.5 Å². The van der Waals surface area contributed by atoms with Crippen LogP contribution in [-0.4, -0.2) is 31.9 Å². The van der Waals surface area contributed by atoms with Gasteiger partial charge < -0.3 is 15.2 Å². The minimum Gasteiger partial charge on any atom is -0.468 e. The molecule has 0 saturated carbocycles. The number of nitrogens with zero attached hydrogens (tertiary/aromatic N) is 1. The maximum absolute atomic E-state index is 14.5. The first kappa shape index (κ1) is 26.8. The van der Waals surface area contributed by atoms with Crippen LogP contribution in [0.2, 0.25) is 0 Å². The van der Waals surface area contributed by atoms with Gasteiger partial charge in [0.25, 0.3) is 0 Å². The van der Waals surface area contributed by atoms with Gasteiger partial charge in [-0.25, -0.2) is 13.6 Å². The third kappa shape index (κ3) is 4.53. The molecular formula is C31H26F2N2O5. The normalized spacial score (nSPS) is 20.8. The van der Waals surface area contributed by atoms with Crippen LogP contribution in [0.5, 0.6) is 0 Å². The number of allylic oxidation sites excluding steroid dienone is 2. The summed E-state index contributed by atoms with van der Waals surface area (Å²) in [4.78, 5) is 42.3. The number of nitrogens with two attached hydrogens (primary N) is 1. The van der Waals surface area contributed by atoms with Crippen molar-refractivity contribution in [3.05, 3.63) is 124 Å². The number of hydrogen-bond donors (Lipinski definition) is 1. The highest BCUT2D eigenvalue weighted by Crippen LogP contribution is 2.51. The van der Waals surface area contributed by atoms with E-state index in [-0.39, 0.29) is 29.1 Å². The molecule has 0 fully saturated rings. The van der Waals surface area contributed by atoms with Crippen LogP contribution >= 0.6 is 0 Å². The van der Waals surface area contributed by atoms with Gasteiger partial charge in [0, 0.05) is 17.2 Å². The Hall–Kier alpha value is -4.79. The Morgan fingerprint density at radius 2 is 1.57 bits per heavy atom. The first-order valence-corrected chi connectivity index (χ1v) is 12.6. The van der Waals surface area contributed by atoms with Crippen molar-refractivity contribution in [1.29, 1.82) is 0 Å². The second-order valence-electron chi connectivity index (χ2n) is 9.54. The first-order valence-electron chi connectivity index (χ1n) is 12.6. The second-order valence-corrected chi connectivity index (χ2v) is 9.54. The van der Waals surface area contributed by atoms with Gasteiger partial charge in [0.1, 0.15) is 23.4 Å². The number of carbonyl (C=O) groups is 3. The summed E-state index contributed by atoms with van der Waals surface area (Å²) in [5.74, 6) is -6.23. The summed E-state index contributed by atoms with van der Waals surface area (Å²) in [5, 5.41) is 0. The van der Waals surface area contributed by atoms with E-state index in [9.17, 15) is 23.2 Å². The predicted molar refractivity (Wildman–Crippen MR) is 143 cm³/mol. The topological polar surface area (TPSA) is 98.9 Å². The average Bonchev–Trinajstić information content (AvgIpc) is 2.96. The summed E-state index contributed by atoms with van der Waals surface area (Å²) in [7, 11) is 2.38. The van der Waals surface area contributed by atoms with Gasteiger partial charge in [0.2, 0.25) is 0 Å². The minimum atomic E-state index is -1.23. The van der Waals surface area contributed by atoms with E-state index in [2.05, 4.69) is 0 Å². The maximum atomic E-state index is 14.5. The standard InChI is InChI=1S/C31H26F2N2O5/c1-39-30(37)25-22(17-7-4-3-5-8-17)16-23-26(28(25)36)24(18-11-13-19(32)14-12-18)27(31(38)40-2)29(34)35(23)21-10-6-9-20(33)15-21/h3-15,22,24-25H,16,34H2,1-2H3/t22-,24+,25+/m0/s1. The number of ether oxygens (including phenoxy) is 2. The van der Waals surface area contributed by atoms with Gasteiger partial charge in [-0.05, 0) is 47.9 Å². The molecule has 2 N–H and O–H groups in total. The Morgan fingerprint density at radius 1 is 0.875 bits per heavy atom. The molecule has 0 aromatic heterocycles. The number of ketones is 1. The third-order valence-electron chi connectivity index (χ3n) is 7.40. The largest absolute Gasteiger partial charge is 0.468 e. The summed E-state index contributed by atoms with van der Waals surface area (Å²) in [6.07, 6.45) is 0.133. The van der Waals surface area contributed by atoms with E-state index in [1.165, 1.54) is 61.6 Å². The summed E-state index contributed by atoms with van der Waals surface area (Å²) in [5.41, 5.74) is 8.47. The lowest BCUT2D eigenvalue weighted by Crippen LogP contribution is -2.46. The van der Waals surface area contributed by atoms with Crippen LogP contribution in [0, 0.1) is 17.6 Å². The van der Waals surface area contributed by atoms with E-state index in [1.54, 1.807) is 18.2 Å². The summed E-state index contributed by atoms with van der Waals surface area (Å²) in [6.45, 7) is 0. The quantitative estimate of drug-likeness (QED) is 0.367. The second kappa shape index (κ2) is 10.8. The number of Topliss-reactive ketones (excluding diaryl/α,β-unsaturated/α-hetero) is 1. The van der Waals surface area contributed by atoms with Crippen molar-refractivity contribution < 1.29 is 32.6 Å². The van der Waals surface area contributed by atoms with Gasteiger partial charge in [-0.3, -0.25) is 14.5 Å². The molecule has 0 saturated heterocycles. The van der Waals surface area contributed by atoms with Gasteiger partial charge >= 0.3 is 11.9 Å². The van der Waals surface area contributed by atoms with Crippen molar-refractivity contribution in [3.8, 4) is 0 Å². The van der Waals surface area contributed by atoms with Crippen molar-refractivity contribution in [3.63, 3.8) is 0 Å². The van der Waals surface area contributed by atoms with E-state index in [0.717, 1.165) is 5.56 Å². The Morgan fingerprint density at radius 3 is 2.20 bits per heavy atom. The highest BCUT2D eigenvalue weighted by Gasteiger charge is 2.51. The monoisotopic (exact) mass is 544 g/mol. The highest BCUT2D eigenvalue weighted by molar-refractivity contribution is 6.14. The van der Waals surface area contributed by atoms with Crippen LogP contribution in [0.25, 0.3) is 0 Å². The molecule has 3 aromatic carbocycles. The SMILES string of the molecule is COC(=O)C1=C(N)N(c2cccc(F)c2)C2=C(C(=O)[C@H](C(=O)OC)[C@H](c3ccccc3)C2)[C@H]1c1ccc(F)cc1. The molecule has 3 aromatic rings. The molecule has 0 radical (unpaired) electrons. The van der Waals surface area contributed by atoms with Gasteiger partial charge in [-0.15, -0.1) is 0 Å². The zero-order chi connectivity index (χ0) is 28.6. The lowest BCUT2D eigenvalue weighted by atomic mass is 9.67. The molecule has 0 bridgehead atoms. The van der Waals surface area contributed by atoms with E-state index in [4.69, 9.17) is 15.2 Å². The van der Waals surface area contributed by atoms with E-state index < -0.39 is 47.1 Å². The predicted octanol–water partition coefficient (Wildman–Crippen LogP) is 4.71. The molecule has 0 spiro atoms. The molecule has 204 valence electrons. The number of hydrogen-bond acceptors (Lipinski definition) is 7. The molecule has 7 nitrogen and oxygen atoms in total. The number of carbonyl (C=O) groups excluding carboxylic acids is 3. The van der Waals surface area contributed by atoms with Gasteiger partial charge in [0.15, 0.2) is 5.78 Å². The minimum absolute atomic E-state index is 0.0679. The zero-order valence-corrected chi connectivity index (χ0v) is 21.8. The number of benzene rings is 3. The molecule has 9 heteroatoms. The lowest BCUT2D eigenvalue weighted by molar-refractivity contribution is -0.150. The molecule has 1 heterocycles. The smallest absolute Gasteiger partial charge is 0.338 e. The average molecular weight is 545 g/mol.